The Morgan fingerprint density at radius 3 is 1.44 bits per heavy atom. The monoisotopic (exact) mass is 442 g/mol. The summed E-state index contributed by atoms with van der Waals surface area (Å²) in [6.07, 6.45) is -1.25. The maximum Gasteiger partial charge on any atom is 0.469 e. The van der Waals surface area contributed by atoms with Crippen LogP contribution < -0.4 is 0 Å². The molecular weight excluding hydrogens is 410 g/mol. The second kappa shape index (κ2) is 17.0. The number of phosphoric acid groups is 2. The number of methoxy groups -OCH3 is 1. The standard InChI is InChI=1S/C7H17O6P.C6H15O6P/c1-3-11-4-5-12-6-7(2)13-14(8,9)10;1-6(12-13(7,8)9)5-11-4-3-10-2/h7H,3-6H2,1-2H3,(H2,8,9,10);6H,3-5H2,1-2H3,(H2,7,8,9). The summed E-state index contributed by atoms with van der Waals surface area (Å²) >= 11 is 0. The van der Waals surface area contributed by atoms with E-state index in [0.717, 1.165) is 0 Å². The zero-order valence-corrected chi connectivity index (χ0v) is 17.8. The third kappa shape index (κ3) is 28.4. The van der Waals surface area contributed by atoms with Crippen molar-refractivity contribution in [1.29, 1.82) is 0 Å². The number of hydrogen-bond donors (Lipinski definition) is 4. The van der Waals surface area contributed by atoms with Gasteiger partial charge in [-0.1, -0.05) is 0 Å². The number of phosphoric ester groups is 2. The van der Waals surface area contributed by atoms with E-state index in [0.29, 0.717) is 33.0 Å². The third-order valence-electron chi connectivity index (χ3n) is 2.35. The van der Waals surface area contributed by atoms with E-state index in [1.807, 2.05) is 6.92 Å². The molecule has 2 unspecified atom stereocenters. The SMILES string of the molecule is CCOCCOCC(C)OP(=O)(O)O.COCCOCC(C)OP(=O)(O)O. The van der Waals surface area contributed by atoms with Gasteiger partial charge >= 0.3 is 15.6 Å². The van der Waals surface area contributed by atoms with Crippen LogP contribution in [-0.4, -0.2) is 85.1 Å². The van der Waals surface area contributed by atoms with Crippen molar-refractivity contribution >= 4 is 15.6 Å². The van der Waals surface area contributed by atoms with Crippen LogP contribution in [0.1, 0.15) is 20.8 Å². The molecule has 0 aliphatic carbocycles. The molecule has 166 valence electrons. The van der Waals surface area contributed by atoms with Gasteiger partial charge in [-0.2, -0.15) is 0 Å². The zero-order chi connectivity index (χ0) is 21.3. The zero-order valence-electron chi connectivity index (χ0n) is 16.1. The topological polar surface area (TPSA) is 170 Å². The van der Waals surface area contributed by atoms with Crippen molar-refractivity contribution in [2.75, 3.05) is 53.4 Å². The summed E-state index contributed by atoms with van der Waals surface area (Å²) in [5.74, 6) is 0. The van der Waals surface area contributed by atoms with Gasteiger partial charge in [-0.15, -0.1) is 0 Å². The summed E-state index contributed by atoms with van der Waals surface area (Å²) in [6, 6.07) is 0. The Kier molecular flexibility index (Phi) is 18.4. The minimum atomic E-state index is -4.39. The molecule has 0 aliphatic rings. The van der Waals surface area contributed by atoms with E-state index in [4.69, 9.17) is 38.5 Å². The third-order valence-corrected chi connectivity index (χ3v) is 3.62. The summed E-state index contributed by atoms with van der Waals surface area (Å²) in [5, 5.41) is 0. The fourth-order valence-electron chi connectivity index (χ4n) is 1.43. The van der Waals surface area contributed by atoms with Gasteiger partial charge < -0.3 is 38.5 Å². The molecule has 27 heavy (non-hydrogen) atoms. The molecule has 0 aromatic rings. The van der Waals surface area contributed by atoms with Crippen molar-refractivity contribution < 1.29 is 56.7 Å². The molecule has 0 aliphatic heterocycles. The van der Waals surface area contributed by atoms with Crippen LogP contribution in [0.3, 0.4) is 0 Å². The van der Waals surface area contributed by atoms with Crippen LogP contribution in [0.4, 0.5) is 0 Å². The van der Waals surface area contributed by atoms with Crippen molar-refractivity contribution in [3.63, 3.8) is 0 Å². The lowest BCUT2D eigenvalue weighted by Gasteiger charge is -2.13. The minimum absolute atomic E-state index is 0.133. The molecule has 0 radical (unpaired) electrons. The van der Waals surface area contributed by atoms with Gasteiger partial charge in [0.25, 0.3) is 0 Å². The van der Waals surface area contributed by atoms with Crippen LogP contribution in [0.25, 0.3) is 0 Å². The highest BCUT2D eigenvalue weighted by molar-refractivity contribution is 7.46. The van der Waals surface area contributed by atoms with Crippen LogP contribution in [-0.2, 0) is 37.1 Å². The van der Waals surface area contributed by atoms with Gasteiger partial charge in [0.2, 0.25) is 0 Å². The Hall–Kier alpha value is 0.0600. The summed E-state index contributed by atoms with van der Waals surface area (Å²) in [7, 11) is -7.24. The molecule has 0 aromatic carbocycles. The lowest BCUT2D eigenvalue weighted by molar-refractivity contribution is 0.0112. The highest BCUT2D eigenvalue weighted by Crippen LogP contribution is 2.37. The first-order chi connectivity index (χ1) is 12.4. The Morgan fingerprint density at radius 1 is 0.741 bits per heavy atom. The van der Waals surface area contributed by atoms with Gasteiger partial charge in [0.05, 0.1) is 51.8 Å². The molecule has 0 spiro atoms. The Morgan fingerprint density at radius 2 is 1.11 bits per heavy atom. The first-order valence-electron chi connectivity index (χ1n) is 8.11. The lowest BCUT2D eigenvalue weighted by Crippen LogP contribution is -2.16. The predicted molar refractivity (Wildman–Crippen MR) is 95.2 cm³/mol. The van der Waals surface area contributed by atoms with Crippen LogP contribution in [0.15, 0.2) is 0 Å². The first kappa shape index (κ1) is 29.3. The van der Waals surface area contributed by atoms with E-state index in [9.17, 15) is 9.13 Å². The first-order valence-corrected chi connectivity index (χ1v) is 11.2. The maximum atomic E-state index is 10.4. The highest BCUT2D eigenvalue weighted by Gasteiger charge is 2.19. The molecule has 0 heterocycles. The number of rotatable bonds is 15. The molecular formula is C13H32O12P2. The van der Waals surface area contributed by atoms with E-state index in [1.54, 1.807) is 7.11 Å². The van der Waals surface area contributed by atoms with Crippen molar-refractivity contribution in [2.45, 2.75) is 33.0 Å². The summed E-state index contributed by atoms with van der Waals surface area (Å²) in [4.78, 5) is 33.7. The smallest absolute Gasteiger partial charge is 0.382 e. The van der Waals surface area contributed by atoms with E-state index in [1.165, 1.54) is 13.8 Å². The number of hydrogen-bond acceptors (Lipinski definition) is 8. The summed E-state index contributed by atoms with van der Waals surface area (Å²) in [6.45, 7) is 7.51. The average molecular weight is 442 g/mol. The molecule has 12 nitrogen and oxygen atoms in total. The fourth-order valence-corrected chi connectivity index (χ4v) is 2.49. The van der Waals surface area contributed by atoms with Gasteiger partial charge in [-0.3, -0.25) is 9.05 Å². The molecule has 0 rings (SSSR count). The van der Waals surface area contributed by atoms with E-state index < -0.39 is 27.9 Å². The minimum Gasteiger partial charge on any atom is -0.382 e. The highest BCUT2D eigenvalue weighted by atomic mass is 31.2. The van der Waals surface area contributed by atoms with Crippen LogP contribution in [0, 0.1) is 0 Å². The van der Waals surface area contributed by atoms with E-state index in [2.05, 4.69) is 9.05 Å². The summed E-state index contributed by atoms with van der Waals surface area (Å²) in [5.41, 5.74) is 0. The van der Waals surface area contributed by atoms with Crippen LogP contribution >= 0.6 is 15.6 Å². The Balaban J connectivity index is 0. The second-order valence-corrected chi connectivity index (χ2v) is 7.54. The summed E-state index contributed by atoms with van der Waals surface area (Å²) < 4.78 is 49.1. The Labute approximate surface area is 159 Å². The fraction of sp³-hybridized carbons (Fsp3) is 1.00. The quantitative estimate of drug-likeness (QED) is 0.207. The molecule has 0 saturated heterocycles. The molecule has 0 amide bonds. The molecule has 0 bridgehead atoms. The second-order valence-electron chi connectivity index (χ2n) is 5.15. The van der Waals surface area contributed by atoms with Gasteiger partial charge in [0.15, 0.2) is 0 Å². The van der Waals surface area contributed by atoms with Gasteiger partial charge in [0, 0.05) is 13.7 Å². The molecule has 0 aromatic heterocycles. The number of ether oxygens (including phenoxy) is 4. The molecule has 4 N–H and O–H groups in total. The predicted octanol–water partition coefficient (Wildman–Crippen LogP) is 0.685. The van der Waals surface area contributed by atoms with Crippen molar-refractivity contribution in [2.24, 2.45) is 0 Å². The lowest BCUT2D eigenvalue weighted by atomic mass is 10.4. The molecule has 0 saturated carbocycles. The van der Waals surface area contributed by atoms with Gasteiger partial charge in [-0.05, 0) is 20.8 Å². The molecule has 0 fully saturated rings. The van der Waals surface area contributed by atoms with Gasteiger partial charge in [0.1, 0.15) is 0 Å². The van der Waals surface area contributed by atoms with E-state index in [-0.39, 0.29) is 13.2 Å². The Bertz CT molecular complexity index is 424. The largest absolute Gasteiger partial charge is 0.469 e. The van der Waals surface area contributed by atoms with Crippen molar-refractivity contribution in [3.05, 3.63) is 0 Å². The van der Waals surface area contributed by atoms with Gasteiger partial charge in [-0.25, -0.2) is 9.13 Å². The molecule has 2 atom stereocenters. The van der Waals surface area contributed by atoms with Crippen LogP contribution in [0.5, 0.6) is 0 Å². The van der Waals surface area contributed by atoms with E-state index >= 15 is 0 Å². The normalized spacial score (nSPS) is 14.4. The molecule has 14 heteroatoms. The van der Waals surface area contributed by atoms with Crippen molar-refractivity contribution in [3.8, 4) is 0 Å². The average Bonchev–Trinajstić information content (AvgIpc) is 2.48. The van der Waals surface area contributed by atoms with Crippen LogP contribution in [0.2, 0.25) is 0 Å². The maximum absolute atomic E-state index is 10.4. The van der Waals surface area contributed by atoms with Crippen molar-refractivity contribution in [1.82, 2.24) is 0 Å².